The molecule has 1 aliphatic rings. The van der Waals surface area contributed by atoms with Crippen molar-refractivity contribution in [1.82, 2.24) is 15.1 Å². The largest absolute Gasteiger partial charge is 0.448 e. The first-order valence-corrected chi connectivity index (χ1v) is 7.23. The monoisotopic (exact) mass is 295 g/mol. The number of H-pyrrole nitrogens is 1. The SMILES string of the molecule is CCCc1cc(C(=O)OC(C)C(=O)N2CCOCC2)n[nH]1. The average Bonchev–Trinajstić information content (AvgIpc) is 2.96. The molecule has 1 atom stereocenters. The minimum atomic E-state index is -0.818. The van der Waals surface area contributed by atoms with E-state index in [9.17, 15) is 9.59 Å². The second-order valence-electron chi connectivity index (χ2n) is 5.01. The zero-order valence-corrected chi connectivity index (χ0v) is 12.4. The summed E-state index contributed by atoms with van der Waals surface area (Å²) in [6.45, 7) is 5.73. The van der Waals surface area contributed by atoms with Gasteiger partial charge in [-0.15, -0.1) is 0 Å². The molecule has 1 unspecified atom stereocenters. The Labute approximate surface area is 123 Å². The second kappa shape index (κ2) is 7.21. The first-order chi connectivity index (χ1) is 10.1. The van der Waals surface area contributed by atoms with Crippen LogP contribution in [0.2, 0.25) is 0 Å². The quantitative estimate of drug-likeness (QED) is 0.811. The van der Waals surface area contributed by atoms with E-state index >= 15 is 0 Å². The molecule has 0 bridgehead atoms. The Morgan fingerprint density at radius 1 is 1.48 bits per heavy atom. The maximum atomic E-state index is 12.1. The highest BCUT2D eigenvalue weighted by molar-refractivity contribution is 5.90. The molecule has 7 heteroatoms. The van der Waals surface area contributed by atoms with E-state index in [1.54, 1.807) is 17.9 Å². The number of amides is 1. The van der Waals surface area contributed by atoms with Crippen LogP contribution >= 0.6 is 0 Å². The van der Waals surface area contributed by atoms with Crippen molar-refractivity contribution < 1.29 is 19.1 Å². The van der Waals surface area contributed by atoms with E-state index in [1.165, 1.54) is 0 Å². The van der Waals surface area contributed by atoms with Crippen LogP contribution in [-0.4, -0.2) is 59.4 Å². The summed E-state index contributed by atoms with van der Waals surface area (Å²) in [5.74, 6) is -0.779. The van der Waals surface area contributed by atoms with Gasteiger partial charge in [-0.3, -0.25) is 9.89 Å². The standard InChI is InChI=1S/C14H21N3O4/c1-3-4-11-9-12(16-15-11)14(19)21-10(2)13(18)17-5-7-20-8-6-17/h9-10H,3-8H2,1-2H3,(H,15,16). The highest BCUT2D eigenvalue weighted by atomic mass is 16.5. The van der Waals surface area contributed by atoms with Crippen LogP contribution in [0.3, 0.4) is 0 Å². The normalized spacial score (nSPS) is 16.6. The molecule has 0 aliphatic carbocycles. The van der Waals surface area contributed by atoms with Crippen LogP contribution in [0.15, 0.2) is 6.07 Å². The van der Waals surface area contributed by atoms with Crippen LogP contribution in [0.1, 0.15) is 36.5 Å². The van der Waals surface area contributed by atoms with Crippen LogP contribution in [0.25, 0.3) is 0 Å². The molecule has 21 heavy (non-hydrogen) atoms. The van der Waals surface area contributed by atoms with Gasteiger partial charge in [-0.2, -0.15) is 5.10 Å². The number of hydrogen-bond acceptors (Lipinski definition) is 5. The lowest BCUT2D eigenvalue weighted by Gasteiger charge is -2.28. The number of ether oxygens (including phenoxy) is 2. The number of hydrogen-bond donors (Lipinski definition) is 1. The molecule has 1 saturated heterocycles. The van der Waals surface area contributed by atoms with Gasteiger partial charge in [-0.05, 0) is 19.4 Å². The van der Waals surface area contributed by atoms with Crippen molar-refractivity contribution in [2.45, 2.75) is 32.8 Å². The van der Waals surface area contributed by atoms with Gasteiger partial charge in [0.2, 0.25) is 0 Å². The number of nitrogens with one attached hydrogen (secondary N) is 1. The number of rotatable bonds is 5. The Bertz CT molecular complexity index is 494. The molecule has 0 saturated carbocycles. The molecule has 1 aliphatic heterocycles. The van der Waals surface area contributed by atoms with Gasteiger partial charge in [0.1, 0.15) is 0 Å². The highest BCUT2D eigenvalue weighted by Gasteiger charge is 2.26. The summed E-state index contributed by atoms with van der Waals surface area (Å²) in [6, 6.07) is 1.66. The molecular formula is C14H21N3O4. The lowest BCUT2D eigenvalue weighted by Crippen LogP contribution is -2.46. The van der Waals surface area contributed by atoms with Crippen LogP contribution in [0.5, 0.6) is 0 Å². The maximum absolute atomic E-state index is 12.1. The fourth-order valence-electron chi connectivity index (χ4n) is 2.18. The molecule has 0 radical (unpaired) electrons. The molecule has 2 rings (SSSR count). The number of aryl methyl sites for hydroxylation is 1. The molecule has 7 nitrogen and oxygen atoms in total. The first kappa shape index (κ1) is 15.5. The van der Waals surface area contributed by atoms with Crippen molar-refractivity contribution >= 4 is 11.9 Å². The molecule has 1 aromatic rings. The van der Waals surface area contributed by atoms with Crippen LogP contribution in [-0.2, 0) is 20.7 Å². The van der Waals surface area contributed by atoms with Crippen molar-refractivity contribution in [2.75, 3.05) is 26.3 Å². The van der Waals surface area contributed by atoms with Gasteiger partial charge in [0.15, 0.2) is 11.8 Å². The highest BCUT2D eigenvalue weighted by Crippen LogP contribution is 2.08. The molecule has 1 aromatic heterocycles. The van der Waals surface area contributed by atoms with E-state index in [0.29, 0.717) is 26.3 Å². The predicted octanol–water partition coefficient (Wildman–Crippen LogP) is 0.766. The number of carbonyl (C=O) groups is 2. The van der Waals surface area contributed by atoms with Crippen LogP contribution in [0.4, 0.5) is 0 Å². The molecule has 1 N–H and O–H groups in total. The predicted molar refractivity (Wildman–Crippen MR) is 74.9 cm³/mol. The van der Waals surface area contributed by atoms with Crippen molar-refractivity contribution in [3.8, 4) is 0 Å². The maximum Gasteiger partial charge on any atom is 0.359 e. The summed E-state index contributed by atoms with van der Waals surface area (Å²) in [5, 5.41) is 6.71. The van der Waals surface area contributed by atoms with E-state index in [1.807, 2.05) is 6.92 Å². The van der Waals surface area contributed by atoms with Crippen molar-refractivity contribution in [3.63, 3.8) is 0 Å². The van der Waals surface area contributed by atoms with E-state index < -0.39 is 12.1 Å². The van der Waals surface area contributed by atoms with Crippen LogP contribution in [0, 0.1) is 0 Å². The second-order valence-corrected chi connectivity index (χ2v) is 5.01. The van der Waals surface area contributed by atoms with E-state index in [-0.39, 0.29) is 11.6 Å². The fraction of sp³-hybridized carbons (Fsp3) is 0.643. The number of esters is 1. The van der Waals surface area contributed by atoms with Gasteiger partial charge in [-0.1, -0.05) is 13.3 Å². The van der Waals surface area contributed by atoms with E-state index in [2.05, 4.69) is 10.2 Å². The van der Waals surface area contributed by atoms with Gasteiger partial charge in [0.25, 0.3) is 5.91 Å². The minimum absolute atomic E-state index is 0.198. The fourth-order valence-corrected chi connectivity index (χ4v) is 2.18. The smallest absolute Gasteiger partial charge is 0.359 e. The Hall–Kier alpha value is -1.89. The number of aromatic amines is 1. The first-order valence-electron chi connectivity index (χ1n) is 7.23. The number of morpholine rings is 1. The average molecular weight is 295 g/mol. The Morgan fingerprint density at radius 2 is 2.19 bits per heavy atom. The minimum Gasteiger partial charge on any atom is -0.448 e. The topological polar surface area (TPSA) is 84.5 Å². The van der Waals surface area contributed by atoms with Crippen molar-refractivity contribution in [3.05, 3.63) is 17.5 Å². The summed E-state index contributed by atoms with van der Waals surface area (Å²) < 4.78 is 10.4. The molecule has 116 valence electrons. The van der Waals surface area contributed by atoms with Crippen molar-refractivity contribution in [1.29, 1.82) is 0 Å². The molecule has 1 fully saturated rings. The van der Waals surface area contributed by atoms with Gasteiger partial charge in [0, 0.05) is 18.8 Å². The molecule has 0 aromatic carbocycles. The van der Waals surface area contributed by atoms with Gasteiger partial charge >= 0.3 is 5.97 Å². The van der Waals surface area contributed by atoms with Crippen LogP contribution < -0.4 is 0 Å². The third kappa shape index (κ3) is 4.04. The Balaban J connectivity index is 1.89. The Morgan fingerprint density at radius 3 is 2.86 bits per heavy atom. The van der Waals surface area contributed by atoms with Gasteiger partial charge < -0.3 is 14.4 Å². The zero-order chi connectivity index (χ0) is 15.2. The van der Waals surface area contributed by atoms with Gasteiger partial charge in [-0.25, -0.2) is 4.79 Å². The number of aromatic nitrogens is 2. The Kier molecular flexibility index (Phi) is 5.32. The molecule has 2 heterocycles. The summed E-state index contributed by atoms with van der Waals surface area (Å²) in [5.41, 5.74) is 1.09. The lowest BCUT2D eigenvalue weighted by molar-refractivity contribution is -0.143. The van der Waals surface area contributed by atoms with E-state index in [0.717, 1.165) is 18.5 Å². The molecule has 1 amide bonds. The summed E-state index contributed by atoms with van der Waals surface area (Å²) >= 11 is 0. The third-order valence-corrected chi connectivity index (χ3v) is 3.31. The number of carbonyl (C=O) groups excluding carboxylic acids is 2. The van der Waals surface area contributed by atoms with Crippen molar-refractivity contribution in [2.24, 2.45) is 0 Å². The summed E-state index contributed by atoms with van der Waals surface area (Å²) in [7, 11) is 0. The third-order valence-electron chi connectivity index (χ3n) is 3.31. The lowest BCUT2D eigenvalue weighted by atomic mass is 10.2. The summed E-state index contributed by atoms with van der Waals surface area (Å²) in [4.78, 5) is 25.7. The number of nitrogens with zero attached hydrogens (tertiary/aromatic N) is 2. The molecular weight excluding hydrogens is 274 g/mol. The molecule has 0 spiro atoms. The summed E-state index contributed by atoms with van der Waals surface area (Å²) in [6.07, 6.45) is 0.965. The van der Waals surface area contributed by atoms with Gasteiger partial charge in [0.05, 0.1) is 13.2 Å². The zero-order valence-electron chi connectivity index (χ0n) is 12.4. The van der Waals surface area contributed by atoms with E-state index in [4.69, 9.17) is 9.47 Å².